The third-order valence-corrected chi connectivity index (χ3v) is 5.83. The standard InChI is InChI=1S/C23H18O/c24-22-18-11-5-7-13-20(18)23(17-9-2-1-3-10-17)19-12-6-4-8-16(19)14-15-21(22)23/h1-13,21H,14-15H2/t21-,23+/m0/s1. The Morgan fingerprint density at radius 2 is 1.42 bits per heavy atom. The van der Waals surface area contributed by atoms with E-state index in [2.05, 4.69) is 60.7 Å². The van der Waals surface area contributed by atoms with Crippen molar-refractivity contribution in [2.75, 3.05) is 0 Å². The lowest BCUT2D eigenvalue weighted by molar-refractivity contribution is 0.0897. The van der Waals surface area contributed by atoms with Gasteiger partial charge in [0.05, 0.1) is 5.41 Å². The van der Waals surface area contributed by atoms with E-state index in [1.54, 1.807) is 0 Å². The fraction of sp³-hybridized carbons (Fsp3) is 0.174. The highest BCUT2D eigenvalue weighted by Crippen LogP contribution is 2.56. The van der Waals surface area contributed by atoms with Gasteiger partial charge in [0.25, 0.3) is 0 Å². The van der Waals surface area contributed by atoms with Gasteiger partial charge in [0.1, 0.15) is 0 Å². The van der Waals surface area contributed by atoms with Gasteiger partial charge in [-0.25, -0.2) is 0 Å². The Balaban J connectivity index is 1.94. The zero-order valence-corrected chi connectivity index (χ0v) is 13.4. The topological polar surface area (TPSA) is 17.1 Å². The Hall–Kier alpha value is -2.67. The summed E-state index contributed by atoms with van der Waals surface area (Å²) in [7, 11) is 0. The van der Waals surface area contributed by atoms with Gasteiger partial charge in [-0.1, -0.05) is 78.9 Å². The minimum absolute atomic E-state index is 0.00667. The van der Waals surface area contributed by atoms with E-state index >= 15 is 0 Å². The minimum atomic E-state index is -0.330. The van der Waals surface area contributed by atoms with Crippen molar-refractivity contribution in [3.63, 3.8) is 0 Å². The van der Waals surface area contributed by atoms with Gasteiger partial charge < -0.3 is 0 Å². The molecule has 0 heterocycles. The molecule has 2 aliphatic rings. The van der Waals surface area contributed by atoms with Gasteiger partial charge in [-0.3, -0.25) is 4.79 Å². The first-order chi connectivity index (χ1) is 11.8. The average molecular weight is 310 g/mol. The van der Waals surface area contributed by atoms with E-state index in [1.807, 2.05) is 18.2 Å². The first-order valence-electron chi connectivity index (χ1n) is 8.61. The number of fused-ring (bicyclic) bond motifs is 5. The number of carbonyl (C=O) groups excluding carboxylic acids is 1. The van der Waals surface area contributed by atoms with E-state index in [0.29, 0.717) is 5.78 Å². The number of ketones is 1. The summed E-state index contributed by atoms with van der Waals surface area (Å²) in [6, 6.07) is 27.5. The summed E-state index contributed by atoms with van der Waals surface area (Å²) < 4.78 is 0. The van der Waals surface area contributed by atoms with E-state index in [9.17, 15) is 4.79 Å². The van der Waals surface area contributed by atoms with Gasteiger partial charge in [0.15, 0.2) is 5.78 Å². The van der Waals surface area contributed by atoms with Crippen molar-refractivity contribution in [3.8, 4) is 0 Å². The monoisotopic (exact) mass is 310 g/mol. The zero-order valence-electron chi connectivity index (χ0n) is 13.4. The molecule has 0 bridgehead atoms. The van der Waals surface area contributed by atoms with Crippen LogP contribution in [0.25, 0.3) is 0 Å². The summed E-state index contributed by atoms with van der Waals surface area (Å²) in [5, 5.41) is 0. The van der Waals surface area contributed by atoms with Crippen LogP contribution in [0.1, 0.15) is 39.0 Å². The zero-order chi connectivity index (χ0) is 16.1. The predicted molar refractivity (Wildman–Crippen MR) is 95.3 cm³/mol. The van der Waals surface area contributed by atoms with Crippen LogP contribution in [0.2, 0.25) is 0 Å². The number of benzene rings is 3. The number of carbonyl (C=O) groups is 1. The number of rotatable bonds is 1. The fourth-order valence-electron chi connectivity index (χ4n) is 4.93. The molecule has 0 unspecified atom stereocenters. The van der Waals surface area contributed by atoms with Crippen LogP contribution in [-0.4, -0.2) is 5.78 Å². The number of aryl methyl sites for hydroxylation is 1. The van der Waals surface area contributed by atoms with E-state index in [4.69, 9.17) is 0 Å². The summed E-state index contributed by atoms with van der Waals surface area (Å²) in [5.74, 6) is 0.316. The van der Waals surface area contributed by atoms with Crippen LogP contribution in [0.5, 0.6) is 0 Å². The molecule has 1 nitrogen and oxygen atoms in total. The largest absolute Gasteiger partial charge is 0.294 e. The molecule has 116 valence electrons. The van der Waals surface area contributed by atoms with E-state index in [-0.39, 0.29) is 11.3 Å². The Kier molecular flexibility index (Phi) is 2.81. The second-order valence-electron chi connectivity index (χ2n) is 6.83. The molecule has 0 radical (unpaired) electrons. The number of Topliss-reactive ketones (excluding diaryl/α,β-unsaturated/α-hetero) is 1. The number of hydrogen-bond acceptors (Lipinski definition) is 1. The van der Waals surface area contributed by atoms with Crippen LogP contribution in [0.3, 0.4) is 0 Å². The van der Waals surface area contributed by atoms with Crippen LogP contribution in [0.4, 0.5) is 0 Å². The third-order valence-electron chi connectivity index (χ3n) is 5.83. The van der Waals surface area contributed by atoms with Gasteiger partial charge >= 0.3 is 0 Å². The fourth-order valence-corrected chi connectivity index (χ4v) is 4.93. The van der Waals surface area contributed by atoms with Crippen LogP contribution in [-0.2, 0) is 11.8 Å². The van der Waals surface area contributed by atoms with Crippen molar-refractivity contribution in [1.29, 1.82) is 0 Å². The molecule has 0 fully saturated rings. The quantitative estimate of drug-likeness (QED) is 0.632. The summed E-state index contributed by atoms with van der Waals surface area (Å²) in [6.45, 7) is 0. The smallest absolute Gasteiger partial charge is 0.167 e. The molecule has 0 saturated heterocycles. The van der Waals surface area contributed by atoms with Gasteiger partial charge in [-0.15, -0.1) is 0 Å². The maximum absolute atomic E-state index is 13.2. The molecule has 24 heavy (non-hydrogen) atoms. The molecule has 3 aromatic carbocycles. The summed E-state index contributed by atoms with van der Waals surface area (Å²) in [4.78, 5) is 13.2. The van der Waals surface area contributed by atoms with Gasteiger partial charge in [-0.05, 0) is 35.1 Å². The van der Waals surface area contributed by atoms with Crippen molar-refractivity contribution in [2.45, 2.75) is 18.3 Å². The Morgan fingerprint density at radius 3 is 2.25 bits per heavy atom. The van der Waals surface area contributed by atoms with Crippen LogP contribution in [0.15, 0.2) is 78.9 Å². The molecular weight excluding hydrogens is 292 g/mol. The second-order valence-corrected chi connectivity index (χ2v) is 6.83. The molecule has 5 rings (SSSR count). The number of hydrogen-bond donors (Lipinski definition) is 0. The van der Waals surface area contributed by atoms with Crippen LogP contribution >= 0.6 is 0 Å². The molecule has 0 aliphatic heterocycles. The summed E-state index contributed by atoms with van der Waals surface area (Å²) in [6.07, 6.45) is 1.90. The first kappa shape index (κ1) is 13.7. The maximum Gasteiger partial charge on any atom is 0.167 e. The van der Waals surface area contributed by atoms with Crippen molar-refractivity contribution < 1.29 is 4.79 Å². The van der Waals surface area contributed by atoms with Crippen molar-refractivity contribution >= 4 is 5.78 Å². The lowest BCUT2D eigenvalue weighted by atomic mass is 9.59. The normalized spacial score (nSPS) is 24.2. The first-order valence-corrected chi connectivity index (χ1v) is 8.61. The van der Waals surface area contributed by atoms with E-state index in [1.165, 1.54) is 22.3 Å². The molecule has 1 heteroatoms. The predicted octanol–water partition coefficient (Wildman–Crippen LogP) is 4.78. The van der Waals surface area contributed by atoms with E-state index in [0.717, 1.165) is 18.4 Å². The highest BCUT2D eigenvalue weighted by molar-refractivity contribution is 6.06. The molecule has 0 saturated carbocycles. The molecule has 2 atom stereocenters. The summed E-state index contributed by atoms with van der Waals surface area (Å²) in [5.41, 5.74) is 5.68. The average Bonchev–Trinajstić information content (AvgIpc) is 2.93. The highest BCUT2D eigenvalue weighted by Gasteiger charge is 2.55. The molecule has 0 amide bonds. The Bertz CT molecular complexity index is 941. The van der Waals surface area contributed by atoms with Gasteiger partial charge in [0, 0.05) is 11.5 Å². The second kappa shape index (κ2) is 4.91. The molecular formula is C23H18O. The van der Waals surface area contributed by atoms with Crippen molar-refractivity contribution in [2.24, 2.45) is 5.92 Å². The highest BCUT2D eigenvalue weighted by atomic mass is 16.1. The van der Waals surface area contributed by atoms with Gasteiger partial charge in [-0.2, -0.15) is 0 Å². The van der Waals surface area contributed by atoms with E-state index < -0.39 is 0 Å². The molecule has 0 spiro atoms. The van der Waals surface area contributed by atoms with Crippen molar-refractivity contribution in [1.82, 2.24) is 0 Å². The van der Waals surface area contributed by atoms with Gasteiger partial charge in [0.2, 0.25) is 0 Å². The lowest BCUT2D eigenvalue weighted by Crippen LogP contribution is -2.40. The van der Waals surface area contributed by atoms with Crippen LogP contribution < -0.4 is 0 Å². The molecule has 3 aromatic rings. The van der Waals surface area contributed by atoms with Crippen molar-refractivity contribution in [3.05, 3.63) is 107 Å². The minimum Gasteiger partial charge on any atom is -0.294 e. The molecule has 2 aliphatic carbocycles. The van der Waals surface area contributed by atoms with Crippen LogP contribution in [0, 0.1) is 5.92 Å². The third kappa shape index (κ3) is 1.57. The SMILES string of the molecule is O=C1c2ccccc2[C@@]2(c3ccccc3)c3ccccc3CC[C@@H]12. The maximum atomic E-state index is 13.2. The Morgan fingerprint density at radius 1 is 0.750 bits per heavy atom. The Labute approximate surface area is 142 Å². The lowest BCUT2D eigenvalue weighted by Gasteiger charge is -2.41. The summed E-state index contributed by atoms with van der Waals surface area (Å²) >= 11 is 0. The molecule has 0 N–H and O–H groups in total. The molecule has 0 aromatic heterocycles.